The van der Waals surface area contributed by atoms with Crippen molar-refractivity contribution in [3.63, 3.8) is 0 Å². The summed E-state index contributed by atoms with van der Waals surface area (Å²) in [7, 11) is 0. The van der Waals surface area contributed by atoms with Gasteiger partial charge in [0.2, 0.25) is 0 Å². The molecular formula is C10H20N2O2. The van der Waals surface area contributed by atoms with Gasteiger partial charge in [-0.15, -0.1) is 0 Å². The molecule has 1 aliphatic heterocycles. The van der Waals surface area contributed by atoms with Crippen molar-refractivity contribution in [1.29, 1.82) is 0 Å². The molecular weight excluding hydrogens is 180 g/mol. The SMILES string of the molecule is C[C@@H]1CNC[C@H]1NC(=O)OC(C)(C)C. The van der Waals surface area contributed by atoms with Crippen LogP contribution in [0.3, 0.4) is 0 Å². The van der Waals surface area contributed by atoms with Crippen molar-refractivity contribution in [3.05, 3.63) is 0 Å². The Hall–Kier alpha value is -0.770. The summed E-state index contributed by atoms with van der Waals surface area (Å²) >= 11 is 0. The van der Waals surface area contributed by atoms with E-state index in [-0.39, 0.29) is 12.1 Å². The van der Waals surface area contributed by atoms with Crippen LogP contribution < -0.4 is 10.6 Å². The van der Waals surface area contributed by atoms with E-state index in [9.17, 15) is 4.79 Å². The van der Waals surface area contributed by atoms with Gasteiger partial charge in [-0.2, -0.15) is 0 Å². The fourth-order valence-electron chi connectivity index (χ4n) is 1.46. The third kappa shape index (κ3) is 3.54. The molecule has 4 nitrogen and oxygen atoms in total. The van der Waals surface area contributed by atoms with Gasteiger partial charge in [0.1, 0.15) is 5.60 Å². The minimum atomic E-state index is -0.417. The molecule has 0 bridgehead atoms. The van der Waals surface area contributed by atoms with E-state index in [2.05, 4.69) is 17.6 Å². The highest BCUT2D eigenvalue weighted by Crippen LogP contribution is 2.10. The molecule has 0 radical (unpaired) electrons. The third-order valence-electron chi connectivity index (χ3n) is 2.22. The van der Waals surface area contributed by atoms with Crippen molar-refractivity contribution < 1.29 is 9.53 Å². The largest absolute Gasteiger partial charge is 0.444 e. The van der Waals surface area contributed by atoms with Gasteiger partial charge in [-0.25, -0.2) is 4.79 Å². The summed E-state index contributed by atoms with van der Waals surface area (Å²) in [5.74, 6) is 0.475. The molecule has 4 heteroatoms. The van der Waals surface area contributed by atoms with Gasteiger partial charge in [0, 0.05) is 12.6 Å². The second-order valence-corrected chi connectivity index (χ2v) is 4.89. The predicted molar refractivity (Wildman–Crippen MR) is 55.2 cm³/mol. The first-order valence-electron chi connectivity index (χ1n) is 5.09. The maximum Gasteiger partial charge on any atom is 0.407 e. The molecule has 0 spiro atoms. The van der Waals surface area contributed by atoms with Gasteiger partial charge in [-0.3, -0.25) is 0 Å². The van der Waals surface area contributed by atoms with Gasteiger partial charge in [0.05, 0.1) is 0 Å². The lowest BCUT2D eigenvalue weighted by atomic mass is 10.1. The van der Waals surface area contributed by atoms with Crippen LogP contribution >= 0.6 is 0 Å². The summed E-state index contributed by atoms with van der Waals surface area (Å²) in [5.41, 5.74) is -0.417. The molecule has 82 valence electrons. The Morgan fingerprint density at radius 2 is 2.07 bits per heavy atom. The standard InChI is InChI=1S/C10H20N2O2/c1-7-5-11-6-8(7)12-9(13)14-10(2,3)4/h7-8,11H,5-6H2,1-4H3,(H,12,13)/t7-,8-/m1/s1. The lowest BCUT2D eigenvalue weighted by Crippen LogP contribution is -2.42. The maximum absolute atomic E-state index is 11.4. The van der Waals surface area contributed by atoms with Gasteiger partial charge < -0.3 is 15.4 Å². The van der Waals surface area contributed by atoms with Crippen LogP contribution in [0, 0.1) is 5.92 Å². The van der Waals surface area contributed by atoms with Crippen LogP contribution in [0.4, 0.5) is 4.79 Å². The first-order chi connectivity index (χ1) is 6.38. The van der Waals surface area contributed by atoms with Crippen molar-refractivity contribution in [2.45, 2.75) is 39.3 Å². The Morgan fingerprint density at radius 1 is 1.43 bits per heavy atom. The summed E-state index contributed by atoms with van der Waals surface area (Å²) in [6.45, 7) is 9.50. The van der Waals surface area contributed by atoms with E-state index in [4.69, 9.17) is 4.74 Å². The molecule has 14 heavy (non-hydrogen) atoms. The van der Waals surface area contributed by atoms with E-state index in [0.29, 0.717) is 5.92 Å². The van der Waals surface area contributed by atoms with Crippen LogP contribution in [-0.4, -0.2) is 30.8 Å². The summed E-state index contributed by atoms with van der Waals surface area (Å²) in [6.07, 6.45) is -0.321. The second kappa shape index (κ2) is 4.17. The maximum atomic E-state index is 11.4. The Bertz CT molecular complexity index is 211. The number of hydrogen-bond acceptors (Lipinski definition) is 3. The molecule has 2 N–H and O–H groups in total. The third-order valence-corrected chi connectivity index (χ3v) is 2.22. The number of nitrogens with one attached hydrogen (secondary N) is 2. The molecule has 1 amide bonds. The molecule has 2 atom stereocenters. The van der Waals surface area contributed by atoms with Crippen molar-refractivity contribution >= 4 is 6.09 Å². The minimum Gasteiger partial charge on any atom is -0.444 e. The molecule has 0 saturated carbocycles. The van der Waals surface area contributed by atoms with Crippen LogP contribution in [0.25, 0.3) is 0 Å². The number of carbonyl (C=O) groups is 1. The smallest absolute Gasteiger partial charge is 0.407 e. The monoisotopic (exact) mass is 200 g/mol. The van der Waals surface area contributed by atoms with Crippen LogP contribution in [0.2, 0.25) is 0 Å². The second-order valence-electron chi connectivity index (χ2n) is 4.89. The topological polar surface area (TPSA) is 50.4 Å². The zero-order valence-electron chi connectivity index (χ0n) is 9.39. The normalized spacial score (nSPS) is 27.4. The van der Waals surface area contributed by atoms with Crippen molar-refractivity contribution in [3.8, 4) is 0 Å². The van der Waals surface area contributed by atoms with E-state index < -0.39 is 5.60 Å². The van der Waals surface area contributed by atoms with Gasteiger partial charge in [-0.1, -0.05) is 6.92 Å². The average molecular weight is 200 g/mol. The molecule has 0 unspecified atom stereocenters. The Balaban J connectivity index is 2.33. The number of ether oxygens (including phenoxy) is 1. The molecule has 1 fully saturated rings. The summed E-state index contributed by atoms with van der Waals surface area (Å²) in [4.78, 5) is 11.4. The van der Waals surface area contributed by atoms with Gasteiger partial charge in [-0.05, 0) is 33.2 Å². The van der Waals surface area contributed by atoms with E-state index in [0.717, 1.165) is 13.1 Å². The van der Waals surface area contributed by atoms with Gasteiger partial charge in [0.25, 0.3) is 0 Å². The lowest BCUT2D eigenvalue weighted by molar-refractivity contribution is 0.0499. The zero-order valence-corrected chi connectivity index (χ0v) is 9.39. The minimum absolute atomic E-state index is 0.199. The van der Waals surface area contributed by atoms with Crippen molar-refractivity contribution in [1.82, 2.24) is 10.6 Å². The number of carbonyl (C=O) groups excluding carboxylic acids is 1. The fraction of sp³-hybridized carbons (Fsp3) is 0.900. The highest BCUT2D eigenvalue weighted by atomic mass is 16.6. The Morgan fingerprint density at radius 3 is 2.50 bits per heavy atom. The average Bonchev–Trinajstić information content (AvgIpc) is 2.32. The molecule has 1 saturated heterocycles. The van der Waals surface area contributed by atoms with Crippen LogP contribution in [0.5, 0.6) is 0 Å². The van der Waals surface area contributed by atoms with E-state index in [1.807, 2.05) is 20.8 Å². The molecule has 0 aliphatic carbocycles. The number of rotatable bonds is 1. The molecule has 1 heterocycles. The van der Waals surface area contributed by atoms with Crippen LogP contribution in [-0.2, 0) is 4.74 Å². The first-order valence-corrected chi connectivity index (χ1v) is 5.09. The number of amides is 1. The van der Waals surface area contributed by atoms with Crippen molar-refractivity contribution in [2.24, 2.45) is 5.92 Å². The van der Waals surface area contributed by atoms with E-state index in [1.54, 1.807) is 0 Å². The first kappa shape index (κ1) is 11.3. The van der Waals surface area contributed by atoms with Gasteiger partial charge in [0.15, 0.2) is 0 Å². The molecule has 0 aromatic heterocycles. The number of hydrogen-bond donors (Lipinski definition) is 2. The molecule has 0 aromatic carbocycles. The number of alkyl carbamates (subject to hydrolysis) is 1. The summed E-state index contributed by atoms with van der Waals surface area (Å²) < 4.78 is 5.17. The van der Waals surface area contributed by atoms with Gasteiger partial charge >= 0.3 is 6.09 Å². The van der Waals surface area contributed by atoms with E-state index >= 15 is 0 Å². The predicted octanol–water partition coefficient (Wildman–Crippen LogP) is 1.12. The molecule has 1 aliphatic rings. The van der Waals surface area contributed by atoms with Crippen molar-refractivity contribution in [2.75, 3.05) is 13.1 Å². The zero-order chi connectivity index (χ0) is 10.8. The molecule has 0 aromatic rings. The summed E-state index contributed by atoms with van der Waals surface area (Å²) in [6, 6.07) is 0.199. The van der Waals surface area contributed by atoms with Crippen LogP contribution in [0.1, 0.15) is 27.7 Å². The highest BCUT2D eigenvalue weighted by molar-refractivity contribution is 5.68. The Kier molecular flexibility index (Phi) is 3.37. The summed E-state index contributed by atoms with van der Waals surface area (Å²) in [5, 5.41) is 6.08. The molecule has 1 rings (SSSR count). The lowest BCUT2D eigenvalue weighted by Gasteiger charge is -2.22. The van der Waals surface area contributed by atoms with Crippen LogP contribution in [0.15, 0.2) is 0 Å². The Labute approximate surface area is 85.4 Å². The van der Waals surface area contributed by atoms with E-state index in [1.165, 1.54) is 0 Å². The quantitative estimate of drug-likeness (QED) is 0.667. The fourth-order valence-corrected chi connectivity index (χ4v) is 1.46. The highest BCUT2D eigenvalue weighted by Gasteiger charge is 2.26.